The van der Waals surface area contributed by atoms with Gasteiger partial charge < -0.3 is 14.6 Å². The third kappa shape index (κ3) is 2.67. The molecule has 3 fully saturated rings. The predicted octanol–water partition coefficient (Wildman–Crippen LogP) is 2.04. The second-order valence-corrected chi connectivity index (χ2v) is 8.90. The van der Waals surface area contributed by atoms with Crippen LogP contribution in [0.15, 0.2) is 11.6 Å². The van der Waals surface area contributed by atoms with Gasteiger partial charge in [-0.25, -0.2) is 0 Å². The van der Waals surface area contributed by atoms with E-state index in [9.17, 15) is 19.5 Å². The third-order valence-corrected chi connectivity index (χ3v) is 7.72. The van der Waals surface area contributed by atoms with Gasteiger partial charge in [0.25, 0.3) is 0 Å². The zero-order valence-electron chi connectivity index (χ0n) is 16.1. The fraction of sp³-hybridized carbons (Fsp3) is 0.762. The fourth-order valence-electron chi connectivity index (χ4n) is 6.74. The summed E-state index contributed by atoms with van der Waals surface area (Å²) in [6.07, 6.45) is 2.51. The van der Waals surface area contributed by atoms with Crippen LogP contribution in [0.25, 0.3) is 0 Å². The lowest BCUT2D eigenvalue weighted by atomic mass is 9.46. The van der Waals surface area contributed by atoms with Gasteiger partial charge in [-0.2, -0.15) is 0 Å². The molecule has 0 unspecified atom stereocenters. The minimum Gasteiger partial charge on any atom is -0.466 e. The Balaban J connectivity index is 1.77. The molecule has 3 aliphatic carbocycles. The SMILES string of the molecule is CCOC(=O)C[C@@H]1C(C)=CC(=O)[C@@H]2C[C@H](O)[C@H]3C[C@@H]4OC(=O)C[C@@H]4[C@H]3[C@@]12C. The molecule has 0 aromatic rings. The molecule has 0 amide bonds. The summed E-state index contributed by atoms with van der Waals surface area (Å²) in [5.41, 5.74) is 0.413. The number of hydrogen-bond donors (Lipinski definition) is 1. The van der Waals surface area contributed by atoms with Crippen LogP contribution in [0.5, 0.6) is 0 Å². The van der Waals surface area contributed by atoms with Crippen LogP contribution in [-0.4, -0.2) is 41.6 Å². The Morgan fingerprint density at radius 1 is 1.33 bits per heavy atom. The van der Waals surface area contributed by atoms with Gasteiger partial charge in [-0.3, -0.25) is 14.4 Å². The van der Waals surface area contributed by atoms with Crippen molar-refractivity contribution < 1.29 is 29.0 Å². The van der Waals surface area contributed by atoms with E-state index in [-0.39, 0.29) is 59.8 Å². The summed E-state index contributed by atoms with van der Waals surface area (Å²) in [5, 5.41) is 10.8. The quantitative estimate of drug-likeness (QED) is 0.758. The highest BCUT2D eigenvalue weighted by Gasteiger charge is 2.66. The first kappa shape index (κ1) is 18.7. The van der Waals surface area contributed by atoms with Crippen LogP contribution in [0.3, 0.4) is 0 Å². The molecule has 0 radical (unpaired) electrons. The minimum absolute atomic E-state index is 0.00209. The maximum atomic E-state index is 12.9. The topological polar surface area (TPSA) is 89.9 Å². The second-order valence-electron chi connectivity index (χ2n) is 8.90. The molecule has 27 heavy (non-hydrogen) atoms. The average molecular weight is 376 g/mol. The number of esters is 2. The first-order valence-electron chi connectivity index (χ1n) is 10.0. The van der Waals surface area contributed by atoms with E-state index in [1.807, 2.05) is 6.92 Å². The van der Waals surface area contributed by atoms with Gasteiger partial charge in [0.2, 0.25) is 0 Å². The molecule has 8 atom stereocenters. The lowest BCUT2D eigenvalue weighted by molar-refractivity contribution is -0.157. The van der Waals surface area contributed by atoms with Crippen molar-refractivity contribution in [1.29, 1.82) is 0 Å². The highest BCUT2D eigenvalue weighted by Crippen LogP contribution is 2.65. The molecule has 4 rings (SSSR count). The minimum atomic E-state index is -0.573. The molecule has 2 saturated carbocycles. The molecule has 1 heterocycles. The summed E-state index contributed by atoms with van der Waals surface area (Å²) < 4.78 is 10.7. The number of hydrogen-bond acceptors (Lipinski definition) is 6. The van der Waals surface area contributed by atoms with Crippen LogP contribution >= 0.6 is 0 Å². The molecule has 6 nitrogen and oxygen atoms in total. The smallest absolute Gasteiger partial charge is 0.306 e. The van der Waals surface area contributed by atoms with E-state index in [2.05, 4.69) is 6.92 Å². The maximum absolute atomic E-state index is 12.9. The van der Waals surface area contributed by atoms with Crippen molar-refractivity contribution in [2.45, 2.75) is 58.7 Å². The van der Waals surface area contributed by atoms with Crippen molar-refractivity contribution in [2.24, 2.45) is 35.0 Å². The van der Waals surface area contributed by atoms with Gasteiger partial charge in [-0.1, -0.05) is 12.5 Å². The Labute approximate surface area is 159 Å². The van der Waals surface area contributed by atoms with Crippen molar-refractivity contribution in [3.8, 4) is 0 Å². The molecule has 1 N–H and O–H groups in total. The molecule has 1 aliphatic heterocycles. The molecule has 0 spiro atoms. The zero-order chi connectivity index (χ0) is 19.5. The molecule has 0 aromatic heterocycles. The normalized spacial score (nSPS) is 45.5. The third-order valence-electron chi connectivity index (χ3n) is 7.72. The Hall–Kier alpha value is -1.69. The first-order valence-corrected chi connectivity index (χ1v) is 10.0. The average Bonchev–Trinajstić information content (AvgIpc) is 3.11. The van der Waals surface area contributed by atoms with Crippen molar-refractivity contribution in [3.05, 3.63) is 11.6 Å². The Bertz CT molecular complexity index is 711. The van der Waals surface area contributed by atoms with E-state index >= 15 is 0 Å². The number of ether oxygens (including phenoxy) is 2. The molecule has 6 heteroatoms. The first-order chi connectivity index (χ1) is 12.8. The summed E-state index contributed by atoms with van der Waals surface area (Å²) >= 11 is 0. The van der Waals surface area contributed by atoms with Gasteiger partial charge in [0.05, 0.1) is 25.6 Å². The van der Waals surface area contributed by atoms with E-state index < -0.39 is 11.5 Å². The van der Waals surface area contributed by atoms with E-state index in [0.29, 0.717) is 25.9 Å². The van der Waals surface area contributed by atoms with Gasteiger partial charge in [-0.15, -0.1) is 0 Å². The highest BCUT2D eigenvalue weighted by molar-refractivity contribution is 5.94. The molecule has 0 bridgehead atoms. The van der Waals surface area contributed by atoms with Crippen molar-refractivity contribution in [1.82, 2.24) is 0 Å². The Morgan fingerprint density at radius 2 is 2.07 bits per heavy atom. The number of fused-ring (bicyclic) bond motifs is 5. The number of carbonyl (C=O) groups excluding carboxylic acids is 3. The van der Waals surface area contributed by atoms with Crippen molar-refractivity contribution >= 4 is 17.7 Å². The molecule has 0 aromatic carbocycles. The van der Waals surface area contributed by atoms with Gasteiger partial charge in [0.15, 0.2) is 5.78 Å². The Morgan fingerprint density at radius 3 is 2.78 bits per heavy atom. The molecular formula is C21H28O6. The molecule has 148 valence electrons. The summed E-state index contributed by atoms with van der Waals surface area (Å²) in [4.78, 5) is 37.1. The highest BCUT2D eigenvalue weighted by atomic mass is 16.6. The van der Waals surface area contributed by atoms with Crippen LogP contribution in [0.1, 0.15) is 46.5 Å². The lowest BCUT2D eigenvalue weighted by Gasteiger charge is -2.57. The van der Waals surface area contributed by atoms with Gasteiger partial charge in [-0.05, 0) is 55.9 Å². The van der Waals surface area contributed by atoms with Crippen LogP contribution in [0, 0.1) is 35.0 Å². The van der Waals surface area contributed by atoms with Crippen LogP contribution in [-0.2, 0) is 23.9 Å². The summed E-state index contributed by atoms with van der Waals surface area (Å²) in [6.45, 7) is 6.10. The molecule has 1 saturated heterocycles. The van der Waals surface area contributed by atoms with E-state index in [1.54, 1.807) is 13.0 Å². The maximum Gasteiger partial charge on any atom is 0.306 e. The van der Waals surface area contributed by atoms with Crippen LogP contribution in [0.2, 0.25) is 0 Å². The number of allylic oxidation sites excluding steroid dienone is 2. The number of aliphatic hydroxyl groups excluding tert-OH is 1. The number of aliphatic hydroxyl groups is 1. The summed E-state index contributed by atoms with van der Waals surface area (Å²) in [7, 11) is 0. The van der Waals surface area contributed by atoms with E-state index in [1.165, 1.54) is 0 Å². The van der Waals surface area contributed by atoms with Crippen molar-refractivity contribution in [3.63, 3.8) is 0 Å². The van der Waals surface area contributed by atoms with Crippen LogP contribution in [0.4, 0.5) is 0 Å². The molecular weight excluding hydrogens is 348 g/mol. The van der Waals surface area contributed by atoms with E-state index in [0.717, 1.165) is 5.57 Å². The predicted molar refractivity (Wildman–Crippen MR) is 95.3 cm³/mol. The van der Waals surface area contributed by atoms with Gasteiger partial charge in [0, 0.05) is 11.8 Å². The zero-order valence-corrected chi connectivity index (χ0v) is 16.1. The van der Waals surface area contributed by atoms with Gasteiger partial charge in [0.1, 0.15) is 6.10 Å². The van der Waals surface area contributed by atoms with Crippen LogP contribution < -0.4 is 0 Å². The largest absolute Gasteiger partial charge is 0.466 e. The standard InChI is InChI=1S/C21H28O6/c1-4-26-18(24)9-13-10(2)5-16(23)14-8-15(22)11-6-17-12(7-19(25)27-17)20(11)21(13,14)3/h5,11-15,17,20,22H,4,6-9H2,1-3H3/t11-,12+,13-,14+,15+,17+,20+,21+/m1/s1. The van der Waals surface area contributed by atoms with E-state index in [4.69, 9.17) is 9.47 Å². The summed E-state index contributed by atoms with van der Waals surface area (Å²) in [6, 6.07) is 0. The number of ketones is 1. The fourth-order valence-corrected chi connectivity index (χ4v) is 6.74. The number of rotatable bonds is 3. The van der Waals surface area contributed by atoms with Gasteiger partial charge >= 0.3 is 11.9 Å². The monoisotopic (exact) mass is 376 g/mol. The lowest BCUT2D eigenvalue weighted by Crippen LogP contribution is -2.57. The van der Waals surface area contributed by atoms with Crippen molar-refractivity contribution in [2.75, 3.05) is 6.61 Å². The summed E-state index contributed by atoms with van der Waals surface area (Å²) in [5.74, 6) is -0.914. The number of carbonyl (C=O) groups is 3. The Kier molecular flexibility index (Phi) is 4.45. The molecule has 4 aliphatic rings. The second kappa shape index (κ2) is 6.43.